The summed E-state index contributed by atoms with van der Waals surface area (Å²) in [7, 11) is 0. The molecule has 2 aliphatic rings. The van der Waals surface area contributed by atoms with E-state index in [9.17, 15) is 5.11 Å². The molecule has 0 bridgehead atoms. The zero-order valence-electron chi connectivity index (χ0n) is 21.8. The van der Waals surface area contributed by atoms with Gasteiger partial charge in [-0.25, -0.2) is 4.98 Å². The molecule has 0 saturated carbocycles. The van der Waals surface area contributed by atoms with Gasteiger partial charge in [0.2, 0.25) is 0 Å². The lowest BCUT2D eigenvalue weighted by Crippen LogP contribution is -2.52. The third-order valence-electron chi connectivity index (χ3n) is 7.65. The average molecular weight is 498 g/mol. The number of phenolic OH excluding ortho intramolecular Hbond substituents is 1. The first-order valence-electron chi connectivity index (χ1n) is 13.0. The molecule has 3 N–H and O–H groups in total. The minimum atomic E-state index is 0.175. The van der Waals surface area contributed by atoms with Crippen molar-refractivity contribution in [2.75, 3.05) is 41.7 Å². The highest BCUT2D eigenvalue weighted by Gasteiger charge is 2.30. The molecule has 3 aromatic rings. The average Bonchev–Trinajstić information content (AvgIpc) is 3.09. The van der Waals surface area contributed by atoms with E-state index in [1.54, 1.807) is 12.1 Å². The third-order valence-corrected chi connectivity index (χ3v) is 7.65. The maximum Gasteiger partial charge on any atom is 0.169 e. The largest absolute Gasteiger partial charge is 0.507 e. The quantitative estimate of drug-likeness (QED) is 0.526. The summed E-state index contributed by atoms with van der Waals surface area (Å²) in [4.78, 5) is 11.6. The predicted octanol–water partition coefficient (Wildman–Crippen LogP) is 3.77. The number of hydrogen-bond acceptors (Lipinski definition) is 8. The molecule has 0 spiro atoms. The minimum Gasteiger partial charge on any atom is -0.507 e. The topological polar surface area (TPSA) is 94.6 Å². The Hall–Kier alpha value is -3.83. The second-order valence-corrected chi connectivity index (χ2v) is 10.1. The first-order chi connectivity index (χ1) is 17.9. The van der Waals surface area contributed by atoms with Crippen LogP contribution in [0.3, 0.4) is 0 Å². The van der Waals surface area contributed by atoms with E-state index in [4.69, 9.17) is 5.73 Å². The number of anilines is 3. The lowest BCUT2D eigenvalue weighted by Gasteiger charge is -2.44. The van der Waals surface area contributed by atoms with Crippen molar-refractivity contribution in [3.05, 3.63) is 54.4 Å². The number of aromatic hydroxyl groups is 1. The fourth-order valence-electron chi connectivity index (χ4n) is 5.41. The summed E-state index contributed by atoms with van der Waals surface area (Å²) in [6, 6.07) is 14.8. The fraction of sp³-hybridized carbons (Fsp3) is 0.414. The van der Waals surface area contributed by atoms with Gasteiger partial charge in [0.05, 0.1) is 17.9 Å². The molecule has 3 atom stereocenters. The van der Waals surface area contributed by atoms with Crippen LogP contribution in [0.2, 0.25) is 0 Å². The first kappa shape index (κ1) is 24.8. The number of nitrogens with zero attached hydrogens (tertiary/aromatic N) is 6. The van der Waals surface area contributed by atoms with Crippen LogP contribution in [0.4, 0.5) is 17.2 Å². The molecule has 8 nitrogen and oxygen atoms in total. The molecule has 2 aliphatic heterocycles. The molecule has 0 unspecified atom stereocenters. The number of rotatable bonds is 4. The second-order valence-electron chi connectivity index (χ2n) is 10.1. The molecule has 4 heterocycles. The zero-order chi connectivity index (χ0) is 25.9. The summed E-state index contributed by atoms with van der Waals surface area (Å²) in [5, 5.41) is 18.7. The molecular formula is C29H35N7O. The molecule has 37 heavy (non-hydrogen) atoms. The molecule has 8 heteroatoms. The van der Waals surface area contributed by atoms with Crippen molar-refractivity contribution in [1.29, 1.82) is 0 Å². The lowest BCUT2D eigenvalue weighted by atomic mass is 9.96. The van der Waals surface area contributed by atoms with Gasteiger partial charge in [-0.05, 0) is 69.9 Å². The summed E-state index contributed by atoms with van der Waals surface area (Å²) >= 11 is 0. The minimum absolute atomic E-state index is 0.175. The number of pyridine rings is 1. The number of nitrogen functional groups attached to an aromatic ring is 1. The van der Waals surface area contributed by atoms with Gasteiger partial charge in [-0.2, -0.15) is 0 Å². The van der Waals surface area contributed by atoms with E-state index in [0.29, 0.717) is 35.2 Å². The van der Waals surface area contributed by atoms with Gasteiger partial charge in [0.15, 0.2) is 5.82 Å². The van der Waals surface area contributed by atoms with Crippen LogP contribution in [-0.2, 0) is 0 Å². The second kappa shape index (κ2) is 10.7. The Morgan fingerprint density at radius 1 is 1.00 bits per heavy atom. The Bertz CT molecular complexity index is 1310. The van der Waals surface area contributed by atoms with Gasteiger partial charge < -0.3 is 20.6 Å². The summed E-state index contributed by atoms with van der Waals surface area (Å²) in [6.45, 7) is 10.0. The third kappa shape index (κ3) is 5.32. The molecular weight excluding hydrogens is 462 g/mol. The van der Waals surface area contributed by atoms with Gasteiger partial charge in [0.25, 0.3) is 0 Å². The first-order valence-corrected chi connectivity index (χ1v) is 13.0. The SMILES string of the molecule is C[C@@H]1CCN(c2cc(-c3ccccc3O)nnc2N)CCN1c1ccnc(C#CCN2[C@@H](C)C[C@@H]2C)c1. The number of hydrogen-bond donors (Lipinski definition) is 2. The highest BCUT2D eigenvalue weighted by atomic mass is 16.3. The van der Waals surface area contributed by atoms with E-state index in [-0.39, 0.29) is 5.75 Å². The van der Waals surface area contributed by atoms with E-state index >= 15 is 0 Å². The van der Waals surface area contributed by atoms with E-state index < -0.39 is 0 Å². The maximum atomic E-state index is 10.3. The van der Waals surface area contributed by atoms with Crippen molar-refractivity contribution in [2.45, 2.75) is 51.7 Å². The molecule has 5 rings (SSSR count). The Morgan fingerprint density at radius 3 is 2.59 bits per heavy atom. The van der Waals surface area contributed by atoms with Crippen molar-refractivity contribution < 1.29 is 5.11 Å². The molecule has 1 aromatic carbocycles. The Labute approximate surface area is 219 Å². The highest BCUT2D eigenvalue weighted by Crippen LogP contribution is 2.32. The van der Waals surface area contributed by atoms with E-state index in [1.807, 2.05) is 24.4 Å². The molecule has 0 radical (unpaired) electrons. The van der Waals surface area contributed by atoms with Crippen LogP contribution in [0.1, 0.15) is 39.3 Å². The molecule has 2 saturated heterocycles. The van der Waals surface area contributed by atoms with E-state index in [2.05, 4.69) is 74.6 Å². The zero-order valence-corrected chi connectivity index (χ0v) is 21.8. The standard InChI is InChI=1S/C29H35N7O/c1-20-11-14-34(27-19-26(32-33-29(27)30)25-8-4-5-9-28(25)37)15-16-36(20)24-10-12-31-23(18-24)7-6-13-35-21(2)17-22(35)3/h4-5,8-10,12,18-22,37H,11,13-17H2,1-3H3,(H2,30,33)/t20-,21+,22+/m1/s1. The van der Waals surface area contributed by atoms with E-state index in [0.717, 1.165) is 49.7 Å². The monoisotopic (exact) mass is 497 g/mol. The smallest absolute Gasteiger partial charge is 0.169 e. The van der Waals surface area contributed by atoms with E-state index in [1.165, 1.54) is 6.42 Å². The molecule has 2 aromatic heterocycles. The van der Waals surface area contributed by atoms with Gasteiger partial charge in [-0.1, -0.05) is 18.1 Å². The van der Waals surface area contributed by atoms with Crippen molar-refractivity contribution in [1.82, 2.24) is 20.1 Å². The number of likely N-dealkylation sites (tertiary alicyclic amines) is 1. The normalized spacial score (nSPS) is 22.1. The number of para-hydroxylation sites is 1. The Morgan fingerprint density at radius 2 is 1.81 bits per heavy atom. The van der Waals surface area contributed by atoms with Crippen molar-refractivity contribution in [3.8, 4) is 28.8 Å². The lowest BCUT2D eigenvalue weighted by molar-refractivity contribution is 0.0540. The van der Waals surface area contributed by atoms with Crippen molar-refractivity contribution in [3.63, 3.8) is 0 Å². The summed E-state index contributed by atoms with van der Waals surface area (Å²) in [6.07, 6.45) is 4.06. The van der Waals surface area contributed by atoms with Crippen LogP contribution >= 0.6 is 0 Å². The molecule has 2 fully saturated rings. The van der Waals surface area contributed by atoms with Crippen molar-refractivity contribution in [2.24, 2.45) is 0 Å². The number of benzene rings is 1. The fourth-order valence-corrected chi connectivity index (χ4v) is 5.41. The summed E-state index contributed by atoms with van der Waals surface area (Å²) < 4.78 is 0. The number of phenols is 1. The van der Waals surface area contributed by atoms with Crippen LogP contribution in [0, 0.1) is 11.8 Å². The van der Waals surface area contributed by atoms with Crippen LogP contribution in [0.25, 0.3) is 11.3 Å². The highest BCUT2D eigenvalue weighted by molar-refractivity contribution is 5.74. The molecule has 192 valence electrons. The Kier molecular flexibility index (Phi) is 7.15. The van der Waals surface area contributed by atoms with Gasteiger partial charge in [-0.3, -0.25) is 4.90 Å². The van der Waals surface area contributed by atoms with Gasteiger partial charge in [0.1, 0.15) is 11.4 Å². The predicted molar refractivity (Wildman–Crippen MR) is 149 cm³/mol. The van der Waals surface area contributed by atoms with Gasteiger partial charge in [-0.15, -0.1) is 10.2 Å². The summed E-state index contributed by atoms with van der Waals surface area (Å²) in [5.41, 5.74) is 10.3. The van der Waals surface area contributed by atoms with Crippen LogP contribution in [0.15, 0.2) is 48.7 Å². The van der Waals surface area contributed by atoms with Gasteiger partial charge in [0, 0.05) is 55.2 Å². The van der Waals surface area contributed by atoms with Gasteiger partial charge >= 0.3 is 0 Å². The van der Waals surface area contributed by atoms with Crippen LogP contribution in [-0.4, -0.2) is 69.5 Å². The number of nitrogens with two attached hydrogens (primary N) is 1. The van der Waals surface area contributed by atoms with Crippen LogP contribution in [0.5, 0.6) is 5.75 Å². The molecule has 0 amide bonds. The maximum absolute atomic E-state index is 10.3. The van der Waals surface area contributed by atoms with Crippen molar-refractivity contribution >= 4 is 17.2 Å². The number of aromatic nitrogens is 3. The molecule has 0 aliphatic carbocycles. The summed E-state index contributed by atoms with van der Waals surface area (Å²) in [5.74, 6) is 7.16. The van der Waals surface area contributed by atoms with Crippen LogP contribution < -0.4 is 15.5 Å². The Balaban J connectivity index is 1.31.